The molecule has 1 aromatic heterocycles. The first-order chi connectivity index (χ1) is 9.70. The van der Waals surface area contributed by atoms with Crippen LogP contribution in [0.4, 0.5) is 0 Å². The van der Waals surface area contributed by atoms with E-state index in [-0.39, 0.29) is 5.54 Å². The topological polar surface area (TPSA) is 29.9 Å². The van der Waals surface area contributed by atoms with Crippen molar-refractivity contribution >= 4 is 11.6 Å². The Morgan fingerprint density at radius 2 is 1.86 bits per heavy atom. The van der Waals surface area contributed by atoms with Crippen LogP contribution in [0.5, 0.6) is 0 Å². The highest BCUT2D eigenvalue weighted by Crippen LogP contribution is 2.27. The van der Waals surface area contributed by atoms with Crippen molar-refractivity contribution in [3.63, 3.8) is 0 Å². The zero-order valence-corrected chi connectivity index (χ0v) is 14.5. The summed E-state index contributed by atoms with van der Waals surface area (Å²) < 4.78 is 1.96. The molecule has 1 N–H and O–H groups in total. The number of nitrogens with zero attached hydrogens (tertiary/aromatic N) is 2. The number of hydrogen-bond acceptors (Lipinski definition) is 2. The van der Waals surface area contributed by atoms with E-state index in [0.717, 1.165) is 34.2 Å². The molecule has 0 aliphatic carbocycles. The molecule has 0 unspecified atom stereocenters. The van der Waals surface area contributed by atoms with Gasteiger partial charge in [0.2, 0.25) is 0 Å². The van der Waals surface area contributed by atoms with Crippen molar-refractivity contribution in [3.8, 4) is 5.69 Å². The maximum absolute atomic E-state index is 6.46. The van der Waals surface area contributed by atoms with Crippen LogP contribution in [0.3, 0.4) is 0 Å². The standard InChI is InChI=1S/C17H24ClN3/c1-11-12(2)20-21(13(11)3)16-14(8-7-9-15(16)18)10-19-17(4,5)6/h7-9,19H,10H2,1-6H3. The molecule has 0 spiro atoms. The third kappa shape index (κ3) is 3.47. The minimum atomic E-state index is 0.0601. The normalized spacial score (nSPS) is 12.0. The van der Waals surface area contributed by atoms with Gasteiger partial charge in [-0.1, -0.05) is 23.7 Å². The fourth-order valence-corrected chi connectivity index (χ4v) is 2.51. The van der Waals surface area contributed by atoms with E-state index < -0.39 is 0 Å². The lowest BCUT2D eigenvalue weighted by Gasteiger charge is -2.22. The molecule has 2 aromatic rings. The predicted molar refractivity (Wildman–Crippen MR) is 89.4 cm³/mol. The summed E-state index contributed by atoms with van der Waals surface area (Å²) in [4.78, 5) is 0. The molecule has 4 heteroatoms. The van der Waals surface area contributed by atoms with Gasteiger partial charge >= 0.3 is 0 Å². The van der Waals surface area contributed by atoms with Crippen molar-refractivity contribution in [1.29, 1.82) is 0 Å². The van der Waals surface area contributed by atoms with E-state index >= 15 is 0 Å². The molecule has 0 amide bonds. The second-order valence-electron chi connectivity index (χ2n) is 6.56. The molecule has 0 radical (unpaired) electrons. The summed E-state index contributed by atoms with van der Waals surface area (Å²) in [5, 5.41) is 8.90. The van der Waals surface area contributed by atoms with Gasteiger partial charge in [-0.15, -0.1) is 0 Å². The van der Waals surface area contributed by atoms with Gasteiger partial charge in [-0.2, -0.15) is 5.10 Å². The molecule has 0 atom stereocenters. The van der Waals surface area contributed by atoms with Crippen molar-refractivity contribution in [2.75, 3.05) is 0 Å². The SMILES string of the molecule is Cc1nn(-c2c(Cl)cccc2CNC(C)(C)C)c(C)c1C. The van der Waals surface area contributed by atoms with Crippen LogP contribution in [0.1, 0.15) is 43.3 Å². The van der Waals surface area contributed by atoms with Gasteiger partial charge in [-0.3, -0.25) is 0 Å². The molecule has 0 saturated heterocycles. The molecule has 3 nitrogen and oxygen atoms in total. The largest absolute Gasteiger partial charge is 0.308 e. The van der Waals surface area contributed by atoms with Crippen LogP contribution in [0.25, 0.3) is 5.69 Å². The number of para-hydroxylation sites is 1. The molecule has 1 aromatic carbocycles. The van der Waals surface area contributed by atoms with Crippen LogP contribution in [-0.4, -0.2) is 15.3 Å². The number of aryl methyl sites for hydroxylation is 1. The van der Waals surface area contributed by atoms with E-state index in [0.29, 0.717) is 0 Å². The van der Waals surface area contributed by atoms with Crippen LogP contribution < -0.4 is 5.32 Å². The Morgan fingerprint density at radius 3 is 2.38 bits per heavy atom. The summed E-state index contributed by atoms with van der Waals surface area (Å²) in [6.07, 6.45) is 0. The van der Waals surface area contributed by atoms with Crippen molar-refractivity contribution in [2.24, 2.45) is 0 Å². The van der Waals surface area contributed by atoms with E-state index in [9.17, 15) is 0 Å². The molecule has 21 heavy (non-hydrogen) atoms. The Balaban J connectivity index is 2.49. The summed E-state index contributed by atoms with van der Waals surface area (Å²) in [6, 6.07) is 6.01. The highest BCUT2D eigenvalue weighted by atomic mass is 35.5. The summed E-state index contributed by atoms with van der Waals surface area (Å²) in [7, 11) is 0. The molecule has 0 bridgehead atoms. The first kappa shape index (κ1) is 16.1. The Kier molecular flexibility index (Phi) is 4.45. The zero-order valence-electron chi connectivity index (χ0n) is 13.7. The summed E-state index contributed by atoms with van der Waals surface area (Å²) >= 11 is 6.46. The van der Waals surface area contributed by atoms with E-state index in [2.05, 4.69) is 51.1 Å². The van der Waals surface area contributed by atoms with Gasteiger partial charge in [0.25, 0.3) is 0 Å². The van der Waals surface area contributed by atoms with Crippen LogP contribution in [0.2, 0.25) is 5.02 Å². The lowest BCUT2D eigenvalue weighted by molar-refractivity contribution is 0.424. The second-order valence-corrected chi connectivity index (χ2v) is 6.97. The third-order valence-corrected chi connectivity index (χ3v) is 4.05. The van der Waals surface area contributed by atoms with E-state index in [4.69, 9.17) is 11.6 Å². The maximum Gasteiger partial charge on any atom is 0.0879 e. The molecule has 0 fully saturated rings. The number of nitrogens with one attached hydrogen (secondary N) is 1. The Labute approximate surface area is 132 Å². The minimum Gasteiger partial charge on any atom is -0.308 e. The van der Waals surface area contributed by atoms with Crippen LogP contribution >= 0.6 is 11.6 Å². The van der Waals surface area contributed by atoms with Crippen LogP contribution in [0.15, 0.2) is 18.2 Å². The Hall–Kier alpha value is -1.32. The fraction of sp³-hybridized carbons (Fsp3) is 0.471. The van der Waals surface area contributed by atoms with Gasteiger partial charge in [0.15, 0.2) is 0 Å². The fourth-order valence-electron chi connectivity index (χ4n) is 2.24. The minimum absolute atomic E-state index is 0.0601. The first-order valence-electron chi connectivity index (χ1n) is 7.26. The average Bonchev–Trinajstić information content (AvgIpc) is 2.63. The number of benzene rings is 1. The summed E-state index contributed by atoms with van der Waals surface area (Å²) in [5.41, 5.74) is 5.59. The summed E-state index contributed by atoms with van der Waals surface area (Å²) in [5.74, 6) is 0. The molecule has 2 rings (SSSR count). The van der Waals surface area contributed by atoms with Crippen molar-refractivity contribution < 1.29 is 0 Å². The highest BCUT2D eigenvalue weighted by Gasteiger charge is 2.17. The molecule has 0 saturated carbocycles. The maximum atomic E-state index is 6.46. The molecule has 1 heterocycles. The zero-order chi connectivity index (χ0) is 15.8. The quantitative estimate of drug-likeness (QED) is 0.914. The monoisotopic (exact) mass is 305 g/mol. The summed E-state index contributed by atoms with van der Waals surface area (Å²) in [6.45, 7) is 13.4. The smallest absolute Gasteiger partial charge is 0.0879 e. The molecule has 114 valence electrons. The van der Waals surface area contributed by atoms with Gasteiger partial charge in [0, 0.05) is 17.8 Å². The van der Waals surface area contributed by atoms with Gasteiger partial charge < -0.3 is 5.32 Å². The van der Waals surface area contributed by atoms with Crippen molar-refractivity contribution in [2.45, 2.75) is 53.6 Å². The molecular weight excluding hydrogens is 282 g/mol. The molecular formula is C17H24ClN3. The van der Waals surface area contributed by atoms with Crippen molar-refractivity contribution in [1.82, 2.24) is 15.1 Å². The molecule has 0 aliphatic heterocycles. The van der Waals surface area contributed by atoms with E-state index in [1.165, 1.54) is 5.56 Å². The van der Waals surface area contributed by atoms with E-state index in [1.54, 1.807) is 0 Å². The number of aromatic nitrogens is 2. The number of rotatable bonds is 3. The number of hydrogen-bond donors (Lipinski definition) is 1. The molecule has 0 aliphatic rings. The van der Waals surface area contributed by atoms with Gasteiger partial charge in [0.1, 0.15) is 0 Å². The Morgan fingerprint density at radius 1 is 1.19 bits per heavy atom. The van der Waals surface area contributed by atoms with Gasteiger partial charge in [0.05, 0.1) is 16.4 Å². The van der Waals surface area contributed by atoms with Gasteiger partial charge in [-0.05, 0) is 58.7 Å². The van der Waals surface area contributed by atoms with Gasteiger partial charge in [-0.25, -0.2) is 4.68 Å². The highest BCUT2D eigenvalue weighted by molar-refractivity contribution is 6.32. The van der Waals surface area contributed by atoms with E-state index in [1.807, 2.05) is 23.7 Å². The average molecular weight is 306 g/mol. The Bertz CT molecular complexity index is 651. The second kappa shape index (κ2) is 5.82. The lowest BCUT2D eigenvalue weighted by atomic mass is 10.1. The van der Waals surface area contributed by atoms with Crippen LogP contribution in [-0.2, 0) is 6.54 Å². The lowest BCUT2D eigenvalue weighted by Crippen LogP contribution is -2.35. The number of halogens is 1. The van der Waals surface area contributed by atoms with Crippen LogP contribution in [0, 0.1) is 20.8 Å². The third-order valence-electron chi connectivity index (χ3n) is 3.74. The van der Waals surface area contributed by atoms with Crippen molar-refractivity contribution in [3.05, 3.63) is 45.7 Å². The first-order valence-corrected chi connectivity index (χ1v) is 7.64. The predicted octanol–water partition coefficient (Wildman–Crippen LogP) is 4.34.